The van der Waals surface area contributed by atoms with E-state index < -0.39 is 36.3 Å². The van der Waals surface area contributed by atoms with Gasteiger partial charge in [-0.05, 0) is 46.1 Å². The number of hydrogen-bond donors (Lipinski definition) is 3. The van der Waals surface area contributed by atoms with Crippen LogP contribution in [0.4, 0.5) is 4.79 Å². The van der Waals surface area contributed by atoms with E-state index in [1.807, 2.05) is 38.1 Å². The van der Waals surface area contributed by atoms with Gasteiger partial charge in [0.15, 0.2) is 0 Å². The topological polar surface area (TPSA) is 108 Å². The van der Waals surface area contributed by atoms with E-state index in [4.69, 9.17) is 4.74 Å². The fourth-order valence-corrected chi connectivity index (χ4v) is 3.97. The van der Waals surface area contributed by atoms with Gasteiger partial charge in [0.05, 0.1) is 6.61 Å². The fourth-order valence-electron chi connectivity index (χ4n) is 3.97. The quantitative estimate of drug-likeness (QED) is 0.266. The Morgan fingerprint density at radius 2 is 1.54 bits per heavy atom. The number of ether oxygens (including phenoxy) is 1. The molecular formula is C29H49N3O5. The Labute approximate surface area is 223 Å². The summed E-state index contributed by atoms with van der Waals surface area (Å²) in [6, 6.07) is 5.43. The molecule has 1 rings (SSSR count). The summed E-state index contributed by atoms with van der Waals surface area (Å²) >= 11 is 0. The Balaban J connectivity index is 3.27. The summed E-state index contributed by atoms with van der Waals surface area (Å²) in [6.07, 6.45) is 7.09. The monoisotopic (exact) mass is 519 g/mol. The van der Waals surface area contributed by atoms with Gasteiger partial charge in [-0.15, -0.1) is 0 Å². The zero-order valence-corrected chi connectivity index (χ0v) is 23.8. The number of nitrogens with zero attached hydrogens (tertiary/aromatic N) is 1. The van der Waals surface area contributed by atoms with Crippen LogP contribution in [0, 0.1) is 6.92 Å². The van der Waals surface area contributed by atoms with Crippen LogP contribution in [0.5, 0.6) is 0 Å². The van der Waals surface area contributed by atoms with Gasteiger partial charge in [0.25, 0.3) is 0 Å². The Kier molecular flexibility index (Phi) is 14.9. The van der Waals surface area contributed by atoms with Crippen molar-refractivity contribution in [1.29, 1.82) is 0 Å². The first-order chi connectivity index (χ1) is 17.5. The van der Waals surface area contributed by atoms with E-state index in [0.29, 0.717) is 25.1 Å². The van der Waals surface area contributed by atoms with Crippen molar-refractivity contribution in [3.63, 3.8) is 0 Å². The second-order valence-corrected chi connectivity index (χ2v) is 10.6. The van der Waals surface area contributed by atoms with Crippen LogP contribution in [-0.4, -0.2) is 59.3 Å². The van der Waals surface area contributed by atoms with Gasteiger partial charge >= 0.3 is 6.09 Å². The molecule has 0 bridgehead atoms. The maximum atomic E-state index is 13.8. The third-order valence-corrected chi connectivity index (χ3v) is 5.99. The number of amides is 3. The van der Waals surface area contributed by atoms with Gasteiger partial charge in [-0.1, -0.05) is 82.2 Å². The molecule has 0 aromatic heterocycles. The molecule has 0 aliphatic carbocycles. The summed E-state index contributed by atoms with van der Waals surface area (Å²) in [5, 5.41) is 15.5. The molecule has 0 saturated carbocycles. The van der Waals surface area contributed by atoms with Crippen molar-refractivity contribution in [2.45, 2.75) is 111 Å². The van der Waals surface area contributed by atoms with Crippen molar-refractivity contribution in [2.24, 2.45) is 0 Å². The lowest BCUT2D eigenvalue weighted by Crippen LogP contribution is -2.54. The normalized spacial score (nSPS) is 12.9. The van der Waals surface area contributed by atoms with Crippen LogP contribution in [0.3, 0.4) is 0 Å². The first-order valence-electron chi connectivity index (χ1n) is 13.8. The number of nitrogens with one attached hydrogen (secondary N) is 2. The molecule has 1 aromatic rings. The van der Waals surface area contributed by atoms with Crippen molar-refractivity contribution in [2.75, 3.05) is 19.7 Å². The van der Waals surface area contributed by atoms with Gasteiger partial charge in [0.1, 0.15) is 17.7 Å². The minimum atomic E-state index is -1.23. The molecule has 8 nitrogen and oxygen atoms in total. The minimum Gasteiger partial charge on any atom is -0.444 e. The Hall–Kier alpha value is -2.61. The summed E-state index contributed by atoms with van der Waals surface area (Å²) in [6.45, 7) is 11.6. The molecule has 0 radical (unpaired) electrons. The van der Waals surface area contributed by atoms with E-state index in [0.717, 1.165) is 44.1 Å². The molecule has 2 unspecified atom stereocenters. The van der Waals surface area contributed by atoms with Gasteiger partial charge in [-0.3, -0.25) is 9.59 Å². The van der Waals surface area contributed by atoms with E-state index in [9.17, 15) is 19.5 Å². The predicted octanol–water partition coefficient (Wildman–Crippen LogP) is 5.03. The van der Waals surface area contributed by atoms with Crippen LogP contribution in [-0.2, 0) is 14.3 Å². The number of benzene rings is 1. The average molecular weight is 520 g/mol. The number of carbonyl (C=O) groups is 3. The number of rotatable bonds is 16. The Bertz CT molecular complexity index is 820. The summed E-state index contributed by atoms with van der Waals surface area (Å²) in [5.41, 5.74) is 0.977. The Morgan fingerprint density at radius 3 is 2.11 bits per heavy atom. The molecule has 8 heteroatoms. The summed E-state index contributed by atoms with van der Waals surface area (Å²) in [5.74, 6) is -0.788. The molecule has 0 aliphatic rings. The highest BCUT2D eigenvalue weighted by Crippen LogP contribution is 2.24. The van der Waals surface area contributed by atoms with Crippen molar-refractivity contribution < 1.29 is 24.2 Å². The van der Waals surface area contributed by atoms with Crippen molar-refractivity contribution in [3.8, 4) is 0 Å². The van der Waals surface area contributed by atoms with Crippen LogP contribution >= 0.6 is 0 Å². The second kappa shape index (κ2) is 17.0. The number of aliphatic hydroxyl groups excluding tert-OH is 1. The van der Waals surface area contributed by atoms with E-state index >= 15 is 0 Å². The number of unbranched alkanes of at least 4 members (excludes halogenated alkanes) is 6. The average Bonchev–Trinajstić information content (AvgIpc) is 2.83. The third kappa shape index (κ3) is 12.5. The molecule has 37 heavy (non-hydrogen) atoms. The summed E-state index contributed by atoms with van der Waals surface area (Å²) in [4.78, 5) is 41.1. The first kappa shape index (κ1) is 32.4. The molecule has 3 N–H and O–H groups in total. The lowest BCUT2D eigenvalue weighted by atomic mass is 10.0. The zero-order valence-electron chi connectivity index (χ0n) is 23.8. The molecule has 2 atom stereocenters. The standard InChI is InChI=1S/C29H49N3O5/c1-7-9-11-12-13-14-20-32(27(35)24(21-33)31-28(36)37-29(4,5)6)25(26(34)30-19-10-8-2)23-17-15-22(3)16-18-23/h15-18,24-25,33H,7-14,19-21H2,1-6H3,(H,30,34)(H,31,36). The van der Waals surface area contributed by atoms with Crippen LogP contribution in [0.25, 0.3) is 0 Å². The number of aryl methyl sites for hydroxylation is 1. The lowest BCUT2D eigenvalue weighted by Gasteiger charge is -2.34. The van der Waals surface area contributed by atoms with Gasteiger partial charge in [0, 0.05) is 13.1 Å². The van der Waals surface area contributed by atoms with Crippen molar-refractivity contribution >= 4 is 17.9 Å². The highest BCUT2D eigenvalue weighted by molar-refractivity contribution is 5.92. The largest absolute Gasteiger partial charge is 0.444 e. The molecule has 210 valence electrons. The zero-order chi connectivity index (χ0) is 27.8. The van der Waals surface area contributed by atoms with E-state index in [2.05, 4.69) is 17.6 Å². The number of aliphatic hydroxyl groups is 1. The van der Waals surface area contributed by atoms with Gasteiger partial charge < -0.3 is 25.4 Å². The van der Waals surface area contributed by atoms with Gasteiger partial charge in [-0.25, -0.2) is 4.79 Å². The molecule has 0 aliphatic heterocycles. The molecule has 0 saturated heterocycles. The first-order valence-corrected chi connectivity index (χ1v) is 13.8. The van der Waals surface area contributed by atoms with Crippen LogP contribution in [0.15, 0.2) is 24.3 Å². The maximum Gasteiger partial charge on any atom is 0.408 e. The second-order valence-electron chi connectivity index (χ2n) is 10.6. The molecule has 1 aromatic carbocycles. The van der Waals surface area contributed by atoms with Crippen LogP contribution in [0.1, 0.15) is 103 Å². The minimum absolute atomic E-state index is 0.273. The van der Waals surface area contributed by atoms with E-state index in [-0.39, 0.29) is 5.91 Å². The smallest absolute Gasteiger partial charge is 0.408 e. The maximum absolute atomic E-state index is 13.8. The fraction of sp³-hybridized carbons (Fsp3) is 0.690. The summed E-state index contributed by atoms with van der Waals surface area (Å²) in [7, 11) is 0. The van der Waals surface area contributed by atoms with Gasteiger partial charge in [-0.2, -0.15) is 0 Å². The van der Waals surface area contributed by atoms with Crippen LogP contribution < -0.4 is 10.6 Å². The number of carbonyl (C=O) groups excluding carboxylic acids is 3. The molecule has 0 heterocycles. The summed E-state index contributed by atoms with van der Waals surface area (Å²) < 4.78 is 5.30. The molecule has 0 fully saturated rings. The van der Waals surface area contributed by atoms with E-state index in [1.165, 1.54) is 11.3 Å². The number of alkyl carbamates (subject to hydrolysis) is 1. The van der Waals surface area contributed by atoms with Crippen molar-refractivity contribution in [3.05, 3.63) is 35.4 Å². The predicted molar refractivity (Wildman–Crippen MR) is 147 cm³/mol. The molecular weight excluding hydrogens is 470 g/mol. The van der Waals surface area contributed by atoms with E-state index in [1.54, 1.807) is 20.8 Å². The molecule has 0 spiro atoms. The lowest BCUT2D eigenvalue weighted by molar-refractivity contribution is -0.143. The van der Waals surface area contributed by atoms with Crippen LogP contribution in [0.2, 0.25) is 0 Å². The number of hydrogen-bond acceptors (Lipinski definition) is 5. The van der Waals surface area contributed by atoms with Crippen molar-refractivity contribution in [1.82, 2.24) is 15.5 Å². The molecule has 3 amide bonds. The third-order valence-electron chi connectivity index (χ3n) is 5.99. The highest BCUT2D eigenvalue weighted by atomic mass is 16.6. The van der Waals surface area contributed by atoms with Gasteiger partial charge in [0.2, 0.25) is 11.8 Å². The SMILES string of the molecule is CCCCCCCCN(C(=O)C(CO)NC(=O)OC(C)(C)C)C(C(=O)NCCCC)c1ccc(C)cc1. The Morgan fingerprint density at radius 1 is 0.946 bits per heavy atom. The highest BCUT2D eigenvalue weighted by Gasteiger charge is 2.35.